The fourth-order valence-electron chi connectivity index (χ4n) is 1.17. The fourth-order valence-corrected chi connectivity index (χ4v) is 1.17. The first-order chi connectivity index (χ1) is 5.29. The van der Waals surface area contributed by atoms with Crippen molar-refractivity contribution in [3.05, 3.63) is 11.4 Å². The van der Waals surface area contributed by atoms with Crippen molar-refractivity contribution in [1.29, 1.82) is 0 Å². The first-order valence-electron chi connectivity index (χ1n) is 3.37. The molecule has 0 aromatic heterocycles. The largest absolute Gasteiger partial charge is 0.377 e. The summed E-state index contributed by atoms with van der Waals surface area (Å²) in [5, 5.41) is 7.87. The SMILES string of the molecule is O=C1NC(=O)C2=C1NCCN2. The van der Waals surface area contributed by atoms with Gasteiger partial charge in [-0.05, 0) is 0 Å². The van der Waals surface area contributed by atoms with Gasteiger partial charge in [0.1, 0.15) is 11.4 Å². The highest BCUT2D eigenvalue weighted by molar-refractivity contribution is 6.18. The molecule has 5 heteroatoms. The lowest BCUT2D eigenvalue weighted by Gasteiger charge is -2.14. The van der Waals surface area contributed by atoms with Gasteiger partial charge < -0.3 is 10.6 Å². The molecule has 0 fully saturated rings. The number of carbonyl (C=O) groups excluding carboxylic acids is 2. The normalized spacial score (nSPS) is 22.2. The zero-order valence-electron chi connectivity index (χ0n) is 5.73. The van der Waals surface area contributed by atoms with Crippen LogP contribution in [0.4, 0.5) is 0 Å². The Hall–Kier alpha value is -1.52. The predicted molar refractivity (Wildman–Crippen MR) is 36.2 cm³/mol. The van der Waals surface area contributed by atoms with E-state index in [1.54, 1.807) is 0 Å². The molecule has 0 bridgehead atoms. The topological polar surface area (TPSA) is 70.2 Å². The molecule has 2 aliphatic rings. The molecule has 5 nitrogen and oxygen atoms in total. The lowest BCUT2D eigenvalue weighted by atomic mass is 10.3. The highest BCUT2D eigenvalue weighted by Gasteiger charge is 2.31. The molecule has 0 spiro atoms. The van der Waals surface area contributed by atoms with E-state index in [1.807, 2.05) is 0 Å². The molecule has 3 N–H and O–H groups in total. The zero-order valence-corrected chi connectivity index (χ0v) is 5.73. The van der Waals surface area contributed by atoms with Crippen LogP contribution in [0.1, 0.15) is 0 Å². The van der Waals surface area contributed by atoms with Crippen molar-refractivity contribution in [2.24, 2.45) is 0 Å². The van der Waals surface area contributed by atoms with Crippen molar-refractivity contribution in [1.82, 2.24) is 16.0 Å². The molecular formula is C6H7N3O2. The van der Waals surface area contributed by atoms with Gasteiger partial charge in [-0.25, -0.2) is 0 Å². The van der Waals surface area contributed by atoms with E-state index in [0.717, 1.165) is 0 Å². The summed E-state index contributed by atoms with van der Waals surface area (Å²) in [6.07, 6.45) is 0. The predicted octanol–water partition coefficient (Wildman–Crippen LogP) is -1.95. The minimum absolute atomic E-state index is 0.336. The van der Waals surface area contributed by atoms with Crippen LogP contribution < -0.4 is 16.0 Å². The minimum Gasteiger partial charge on any atom is -0.377 e. The van der Waals surface area contributed by atoms with Crippen LogP contribution in [-0.4, -0.2) is 24.9 Å². The molecule has 2 rings (SSSR count). The molecule has 58 valence electrons. The number of nitrogens with one attached hydrogen (secondary N) is 3. The van der Waals surface area contributed by atoms with Crippen molar-refractivity contribution in [3.63, 3.8) is 0 Å². The monoisotopic (exact) mass is 153 g/mol. The number of hydrogen-bond donors (Lipinski definition) is 3. The van der Waals surface area contributed by atoms with Crippen molar-refractivity contribution in [2.75, 3.05) is 13.1 Å². The summed E-state index contributed by atoms with van der Waals surface area (Å²) in [7, 11) is 0. The number of imide groups is 1. The van der Waals surface area contributed by atoms with Gasteiger partial charge in [-0.2, -0.15) is 0 Å². The van der Waals surface area contributed by atoms with Gasteiger partial charge in [-0.1, -0.05) is 0 Å². The molecule has 2 amide bonds. The molecule has 0 aromatic carbocycles. The van der Waals surface area contributed by atoms with Crippen LogP contribution in [-0.2, 0) is 9.59 Å². The Balaban J connectivity index is 2.40. The Kier molecular flexibility index (Phi) is 1.12. The van der Waals surface area contributed by atoms with E-state index in [-0.39, 0.29) is 11.8 Å². The maximum atomic E-state index is 10.9. The highest BCUT2D eigenvalue weighted by Crippen LogP contribution is 2.08. The van der Waals surface area contributed by atoms with Gasteiger partial charge in [-0.3, -0.25) is 14.9 Å². The maximum absolute atomic E-state index is 10.9. The molecule has 11 heavy (non-hydrogen) atoms. The quantitative estimate of drug-likeness (QED) is 0.354. The number of amides is 2. The summed E-state index contributed by atoms with van der Waals surface area (Å²) < 4.78 is 0. The minimum atomic E-state index is -0.336. The van der Waals surface area contributed by atoms with Gasteiger partial charge in [0.25, 0.3) is 11.8 Å². The first-order valence-corrected chi connectivity index (χ1v) is 3.37. The van der Waals surface area contributed by atoms with Crippen molar-refractivity contribution >= 4 is 11.8 Å². The number of rotatable bonds is 0. The van der Waals surface area contributed by atoms with E-state index in [1.165, 1.54) is 0 Å². The van der Waals surface area contributed by atoms with Gasteiger partial charge in [0.15, 0.2) is 0 Å². The van der Waals surface area contributed by atoms with Crippen molar-refractivity contribution < 1.29 is 9.59 Å². The highest BCUT2D eigenvalue weighted by atomic mass is 16.2. The van der Waals surface area contributed by atoms with Gasteiger partial charge in [0, 0.05) is 13.1 Å². The molecule has 0 atom stereocenters. The van der Waals surface area contributed by atoms with E-state index in [0.29, 0.717) is 24.5 Å². The van der Waals surface area contributed by atoms with Crippen LogP contribution in [0.15, 0.2) is 11.4 Å². The Morgan fingerprint density at radius 1 is 0.909 bits per heavy atom. The smallest absolute Gasteiger partial charge is 0.276 e. The van der Waals surface area contributed by atoms with Gasteiger partial charge in [0.2, 0.25) is 0 Å². The third-order valence-electron chi connectivity index (χ3n) is 1.66. The summed E-state index contributed by atoms with van der Waals surface area (Å²) in [4.78, 5) is 21.9. The standard InChI is InChI=1S/C6H7N3O2/c10-5-3-4(6(11)9-5)8-2-1-7-3/h7-8H,1-2H2,(H,9,10,11). The van der Waals surface area contributed by atoms with E-state index < -0.39 is 0 Å². The van der Waals surface area contributed by atoms with Crippen molar-refractivity contribution in [3.8, 4) is 0 Å². The second-order valence-corrected chi connectivity index (χ2v) is 2.39. The number of carbonyl (C=O) groups is 2. The fraction of sp³-hybridized carbons (Fsp3) is 0.333. The molecule has 0 radical (unpaired) electrons. The van der Waals surface area contributed by atoms with E-state index in [4.69, 9.17) is 0 Å². The molecule has 0 unspecified atom stereocenters. The van der Waals surface area contributed by atoms with Crippen LogP contribution in [0.2, 0.25) is 0 Å². The third-order valence-corrected chi connectivity index (χ3v) is 1.66. The summed E-state index contributed by atoms with van der Waals surface area (Å²) >= 11 is 0. The van der Waals surface area contributed by atoms with Crippen LogP contribution >= 0.6 is 0 Å². The molecule has 2 heterocycles. The zero-order chi connectivity index (χ0) is 7.84. The lowest BCUT2D eigenvalue weighted by molar-refractivity contribution is -0.124. The van der Waals surface area contributed by atoms with E-state index in [9.17, 15) is 9.59 Å². The third kappa shape index (κ3) is 0.772. The van der Waals surface area contributed by atoms with Gasteiger partial charge in [-0.15, -0.1) is 0 Å². The Labute approximate surface area is 62.8 Å². The summed E-state index contributed by atoms with van der Waals surface area (Å²) in [6, 6.07) is 0. The van der Waals surface area contributed by atoms with Crippen molar-refractivity contribution in [2.45, 2.75) is 0 Å². The van der Waals surface area contributed by atoms with E-state index >= 15 is 0 Å². The maximum Gasteiger partial charge on any atom is 0.276 e. The summed E-state index contributed by atoms with van der Waals surface area (Å²) in [5.74, 6) is -0.672. The molecule has 0 saturated heterocycles. The van der Waals surface area contributed by atoms with E-state index in [2.05, 4.69) is 16.0 Å². The molecule has 0 aliphatic carbocycles. The lowest BCUT2D eigenvalue weighted by Crippen LogP contribution is -2.36. The van der Waals surface area contributed by atoms with Crippen LogP contribution in [0.5, 0.6) is 0 Å². The number of hydrogen-bond acceptors (Lipinski definition) is 4. The Morgan fingerprint density at radius 3 is 1.82 bits per heavy atom. The Morgan fingerprint density at radius 2 is 1.36 bits per heavy atom. The van der Waals surface area contributed by atoms with Gasteiger partial charge >= 0.3 is 0 Å². The van der Waals surface area contributed by atoms with Crippen LogP contribution in [0.25, 0.3) is 0 Å². The Bertz CT molecular complexity index is 243. The van der Waals surface area contributed by atoms with Gasteiger partial charge in [0.05, 0.1) is 0 Å². The first kappa shape index (κ1) is 6.21. The van der Waals surface area contributed by atoms with Crippen LogP contribution in [0, 0.1) is 0 Å². The second kappa shape index (κ2) is 1.98. The second-order valence-electron chi connectivity index (χ2n) is 2.39. The summed E-state index contributed by atoms with van der Waals surface area (Å²) in [5.41, 5.74) is 0.752. The van der Waals surface area contributed by atoms with Crippen LogP contribution in [0.3, 0.4) is 0 Å². The molecule has 2 aliphatic heterocycles. The average molecular weight is 153 g/mol. The molecular weight excluding hydrogens is 146 g/mol. The molecule has 0 saturated carbocycles. The summed E-state index contributed by atoms with van der Waals surface area (Å²) in [6.45, 7) is 1.36. The average Bonchev–Trinajstić information content (AvgIpc) is 2.30. The molecule has 0 aromatic rings.